The van der Waals surface area contributed by atoms with Gasteiger partial charge in [0.1, 0.15) is 6.04 Å². The quantitative estimate of drug-likeness (QED) is 0.830. The Labute approximate surface area is 125 Å². The maximum Gasteiger partial charge on any atom is 0.305 e. The van der Waals surface area contributed by atoms with E-state index < -0.39 is 0 Å². The molecule has 114 valence electrons. The molecule has 0 bridgehead atoms. The summed E-state index contributed by atoms with van der Waals surface area (Å²) in [6.45, 7) is 1.36. The van der Waals surface area contributed by atoms with Crippen molar-refractivity contribution in [2.75, 3.05) is 27.2 Å². The molecule has 1 aliphatic heterocycles. The van der Waals surface area contributed by atoms with Gasteiger partial charge < -0.3 is 15.0 Å². The van der Waals surface area contributed by atoms with Crippen LogP contribution in [0, 0.1) is 0 Å². The Balaban J connectivity index is 1.95. The van der Waals surface area contributed by atoms with E-state index in [-0.39, 0.29) is 17.9 Å². The maximum atomic E-state index is 12.6. The Morgan fingerprint density at radius 1 is 1.38 bits per heavy atom. The number of esters is 1. The highest BCUT2D eigenvalue weighted by Gasteiger charge is 2.27. The molecule has 0 aliphatic carbocycles. The van der Waals surface area contributed by atoms with Crippen LogP contribution in [0.2, 0.25) is 0 Å². The maximum absolute atomic E-state index is 12.6. The molecule has 5 heteroatoms. The van der Waals surface area contributed by atoms with Crippen molar-refractivity contribution in [1.82, 2.24) is 10.2 Å². The summed E-state index contributed by atoms with van der Waals surface area (Å²) in [6.07, 6.45) is 1.90. The Bertz CT molecular complexity index is 516. The van der Waals surface area contributed by atoms with E-state index >= 15 is 0 Å². The number of carbonyl (C=O) groups is 2. The van der Waals surface area contributed by atoms with Crippen LogP contribution in [0.1, 0.15) is 30.0 Å². The summed E-state index contributed by atoms with van der Waals surface area (Å²) in [6, 6.07) is 7.77. The summed E-state index contributed by atoms with van der Waals surface area (Å²) >= 11 is 0. The number of methoxy groups -OCH3 is 1. The molecule has 1 aromatic carbocycles. The molecule has 1 amide bonds. The van der Waals surface area contributed by atoms with E-state index in [0.29, 0.717) is 19.4 Å². The first-order chi connectivity index (χ1) is 10.1. The zero-order chi connectivity index (χ0) is 15.2. The fraction of sp³-hybridized carbons (Fsp3) is 0.500. The van der Waals surface area contributed by atoms with E-state index in [2.05, 4.69) is 16.1 Å². The topological polar surface area (TPSA) is 58.6 Å². The van der Waals surface area contributed by atoms with E-state index in [9.17, 15) is 9.59 Å². The molecule has 0 fully saturated rings. The van der Waals surface area contributed by atoms with Crippen molar-refractivity contribution in [3.05, 3.63) is 35.4 Å². The zero-order valence-corrected chi connectivity index (χ0v) is 12.6. The number of benzene rings is 1. The highest BCUT2D eigenvalue weighted by atomic mass is 16.5. The summed E-state index contributed by atoms with van der Waals surface area (Å²) in [5, 5.41) is 3.28. The lowest BCUT2D eigenvalue weighted by molar-refractivity contribution is -0.141. The predicted octanol–water partition coefficient (Wildman–Crippen LogP) is 1.28. The Morgan fingerprint density at radius 2 is 2.14 bits per heavy atom. The number of fused-ring (bicyclic) bond motifs is 1. The molecule has 0 saturated heterocycles. The number of carbonyl (C=O) groups excluding carboxylic acids is 2. The summed E-state index contributed by atoms with van der Waals surface area (Å²) in [5.74, 6) is -0.191. The number of nitrogens with one attached hydrogen (secondary N) is 1. The average Bonchev–Trinajstić information content (AvgIpc) is 2.53. The minimum atomic E-state index is -0.280. The van der Waals surface area contributed by atoms with Crippen molar-refractivity contribution in [3.8, 4) is 0 Å². The van der Waals surface area contributed by atoms with E-state index in [4.69, 9.17) is 0 Å². The molecule has 1 atom stereocenters. The SMILES string of the molecule is COC(=O)CCCN(C)C(=O)C1NCCc2ccccc21. The average molecular weight is 290 g/mol. The summed E-state index contributed by atoms with van der Waals surface area (Å²) in [7, 11) is 3.15. The van der Waals surface area contributed by atoms with Crippen molar-refractivity contribution >= 4 is 11.9 Å². The molecule has 5 nitrogen and oxygen atoms in total. The fourth-order valence-electron chi connectivity index (χ4n) is 2.62. The van der Waals surface area contributed by atoms with Gasteiger partial charge in [-0.3, -0.25) is 9.59 Å². The van der Waals surface area contributed by atoms with Crippen LogP contribution in [0.15, 0.2) is 24.3 Å². The van der Waals surface area contributed by atoms with E-state index in [0.717, 1.165) is 18.5 Å². The van der Waals surface area contributed by atoms with Crippen LogP contribution in [-0.4, -0.2) is 44.0 Å². The van der Waals surface area contributed by atoms with Gasteiger partial charge in [0.25, 0.3) is 0 Å². The van der Waals surface area contributed by atoms with Crippen LogP contribution in [0.4, 0.5) is 0 Å². The van der Waals surface area contributed by atoms with Gasteiger partial charge in [0, 0.05) is 26.6 Å². The standard InChI is InChI=1S/C16H22N2O3/c1-18(11-5-8-14(19)21-2)16(20)15-13-7-4-3-6-12(13)9-10-17-15/h3-4,6-7,15,17H,5,8-11H2,1-2H3. The number of hydrogen-bond donors (Lipinski definition) is 1. The van der Waals surface area contributed by atoms with Gasteiger partial charge in [0.2, 0.25) is 5.91 Å². The monoisotopic (exact) mass is 290 g/mol. The van der Waals surface area contributed by atoms with Gasteiger partial charge in [-0.05, 0) is 24.0 Å². The number of nitrogens with zero attached hydrogens (tertiary/aromatic N) is 1. The summed E-state index contributed by atoms with van der Waals surface area (Å²) < 4.78 is 4.60. The van der Waals surface area contributed by atoms with Crippen LogP contribution < -0.4 is 5.32 Å². The van der Waals surface area contributed by atoms with Gasteiger partial charge in [0.05, 0.1) is 7.11 Å². The lowest BCUT2D eigenvalue weighted by Crippen LogP contribution is -2.42. The van der Waals surface area contributed by atoms with Gasteiger partial charge >= 0.3 is 5.97 Å². The first kappa shape index (κ1) is 15.5. The van der Waals surface area contributed by atoms with Gasteiger partial charge in [-0.25, -0.2) is 0 Å². The third-order valence-electron chi connectivity index (χ3n) is 3.83. The van der Waals surface area contributed by atoms with Crippen molar-refractivity contribution < 1.29 is 14.3 Å². The minimum absolute atomic E-state index is 0.0482. The second-order valence-electron chi connectivity index (χ2n) is 5.28. The van der Waals surface area contributed by atoms with Gasteiger partial charge in [0.15, 0.2) is 0 Å². The first-order valence-electron chi connectivity index (χ1n) is 7.26. The smallest absolute Gasteiger partial charge is 0.305 e. The van der Waals surface area contributed by atoms with Crippen molar-refractivity contribution in [3.63, 3.8) is 0 Å². The molecular weight excluding hydrogens is 268 g/mol. The van der Waals surface area contributed by atoms with E-state index in [1.165, 1.54) is 12.7 Å². The number of amides is 1. The molecular formula is C16H22N2O3. The molecule has 1 N–H and O–H groups in total. The minimum Gasteiger partial charge on any atom is -0.469 e. The Morgan fingerprint density at radius 3 is 2.90 bits per heavy atom. The second-order valence-corrected chi connectivity index (χ2v) is 5.28. The highest BCUT2D eigenvalue weighted by molar-refractivity contribution is 5.84. The normalized spacial score (nSPS) is 17.0. The van der Waals surface area contributed by atoms with Crippen LogP contribution in [0.5, 0.6) is 0 Å². The lowest BCUT2D eigenvalue weighted by atomic mass is 9.93. The second kappa shape index (κ2) is 7.22. The van der Waals surface area contributed by atoms with E-state index in [1.807, 2.05) is 18.2 Å². The molecule has 0 radical (unpaired) electrons. The number of hydrogen-bond acceptors (Lipinski definition) is 4. The van der Waals surface area contributed by atoms with Crippen LogP contribution in [-0.2, 0) is 20.7 Å². The molecule has 0 aromatic heterocycles. The molecule has 1 aliphatic rings. The van der Waals surface area contributed by atoms with Crippen LogP contribution >= 0.6 is 0 Å². The number of likely N-dealkylation sites (N-methyl/N-ethyl adjacent to an activating group) is 1. The number of ether oxygens (including phenoxy) is 1. The fourth-order valence-corrected chi connectivity index (χ4v) is 2.62. The first-order valence-corrected chi connectivity index (χ1v) is 7.26. The highest BCUT2D eigenvalue weighted by Crippen LogP contribution is 2.24. The van der Waals surface area contributed by atoms with E-state index in [1.54, 1.807) is 11.9 Å². The third-order valence-corrected chi connectivity index (χ3v) is 3.83. The van der Waals surface area contributed by atoms with Crippen molar-refractivity contribution in [2.24, 2.45) is 0 Å². The van der Waals surface area contributed by atoms with Crippen LogP contribution in [0.3, 0.4) is 0 Å². The van der Waals surface area contributed by atoms with Crippen molar-refractivity contribution in [2.45, 2.75) is 25.3 Å². The lowest BCUT2D eigenvalue weighted by Gasteiger charge is -2.29. The van der Waals surface area contributed by atoms with Gasteiger partial charge in [-0.2, -0.15) is 0 Å². The Kier molecular flexibility index (Phi) is 5.33. The number of rotatable bonds is 5. The zero-order valence-electron chi connectivity index (χ0n) is 12.6. The molecule has 2 rings (SSSR count). The Hall–Kier alpha value is -1.88. The summed E-state index contributed by atoms with van der Waals surface area (Å²) in [5.41, 5.74) is 2.30. The molecule has 1 heterocycles. The third kappa shape index (κ3) is 3.82. The van der Waals surface area contributed by atoms with Crippen molar-refractivity contribution in [1.29, 1.82) is 0 Å². The summed E-state index contributed by atoms with van der Waals surface area (Å²) in [4.78, 5) is 25.3. The molecule has 1 unspecified atom stereocenters. The van der Waals surface area contributed by atoms with Gasteiger partial charge in [-0.15, -0.1) is 0 Å². The molecule has 0 saturated carbocycles. The largest absolute Gasteiger partial charge is 0.469 e. The molecule has 0 spiro atoms. The molecule has 21 heavy (non-hydrogen) atoms. The van der Waals surface area contributed by atoms with Crippen LogP contribution in [0.25, 0.3) is 0 Å². The van der Waals surface area contributed by atoms with Gasteiger partial charge in [-0.1, -0.05) is 24.3 Å². The predicted molar refractivity (Wildman–Crippen MR) is 79.8 cm³/mol. The molecule has 1 aromatic rings.